The topological polar surface area (TPSA) is 34.0 Å². The van der Waals surface area contributed by atoms with Crippen LogP contribution in [0.1, 0.15) is 36.7 Å². The van der Waals surface area contributed by atoms with Crippen molar-refractivity contribution in [2.45, 2.75) is 32.7 Å². The van der Waals surface area contributed by atoms with Crippen molar-refractivity contribution in [3.8, 4) is 0 Å². The second kappa shape index (κ2) is 4.97. The summed E-state index contributed by atoms with van der Waals surface area (Å²) in [5, 5.41) is 4.56. The molecule has 1 aliphatic carbocycles. The molecule has 2 aliphatic rings. The van der Waals surface area contributed by atoms with E-state index in [0.717, 1.165) is 30.2 Å². The maximum atomic E-state index is 4.80. The van der Waals surface area contributed by atoms with Crippen LogP contribution in [0.2, 0.25) is 0 Å². The Morgan fingerprint density at radius 1 is 1.27 bits per heavy atom. The Bertz CT molecular complexity index is 704. The summed E-state index contributed by atoms with van der Waals surface area (Å²) >= 11 is 0. The van der Waals surface area contributed by atoms with Crippen molar-refractivity contribution >= 4 is 11.9 Å². The molecule has 4 nitrogen and oxygen atoms in total. The molecule has 1 spiro atoms. The molecular weight excluding hydrogens is 272 g/mol. The molecule has 2 aromatic heterocycles. The first-order valence-corrected chi connectivity index (χ1v) is 8.11. The average molecular weight is 294 g/mol. The van der Waals surface area contributed by atoms with E-state index in [4.69, 9.17) is 4.98 Å². The van der Waals surface area contributed by atoms with Crippen molar-refractivity contribution in [2.24, 2.45) is 5.41 Å². The summed E-state index contributed by atoms with van der Waals surface area (Å²) in [4.78, 5) is 7.18. The highest BCUT2D eigenvalue weighted by Crippen LogP contribution is 2.53. The molecule has 0 bridgehead atoms. The summed E-state index contributed by atoms with van der Waals surface area (Å²) in [6, 6.07) is 6.39. The van der Waals surface area contributed by atoms with Gasteiger partial charge in [0.25, 0.3) is 0 Å². The lowest BCUT2D eigenvalue weighted by atomic mass is 9.97. The van der Waals surface area contributed by atoms with Crippen molar-refractivity contribution in [1.29, 1.82) is 0 Å². The molecule has 1 saturated carbocycles. The Kier molecular flexibility index (Phi) is 3.06. The van der Waals surface area contributed by atoms with Crippen molar-refractivity contribution in [3.63, 3.8) is 0 Å². The van der Waals surface area contributed by atoms with E-state index in [-0.39, 0.29) is 0 Å². The van der Waals surface area contributed by atoms with E-state index >= 15 is 0 Å². The van der Waals surface area contributed by atoms with Crippen molar-refractivity contribution < 1.29 is 0 Å². The molecule has 22 heavy (non-hydrogen) atoms. The summed E-state index contributed by atoms with van der Waals surface area (Å²) in [7, 11) is 0. The number of aryl methyl sites for hydroxylation is 1. The van der Waals surface area contributed by atoms with E-state index < -0.39 is 0 Å². The van der Waals surface area contributed by atoms with Gasteiger partial charge < -0.3 is 4.90 Å². The number of anilines is 1. The average Bonchev–Trinajstić information content (AvgIpc) is 3.19. The van der Waals surface area contributed by atoms with E-state index in [1.165, 1.54) is 31.5 Å². The first-order chi connectivity index (χ1) is 10.7. The zero-order valence-electron chi connectivity index (χ0n) is 13.1. The van der Waals surface area contributed by atoms with Gasteiger partial charge in [-0.05, 0) is 43.0 Å². The number of pyridine rings is 1. The van der Waals surface area contributed by atoms with Gasteiger partial charge in [-0.1, -0.05) is 19.6 Å². The quantitative estimate of drug-likeness (QED) is 0.849. The first kappa shape index (κ1) is 13.6. The highest BCUT2D eigenvalue weighted by molar-refractivity contribution is 5.54. The predicted molar refractivity (Wildman–Crippen MR) is 88.9 cm³/mol. The van der Waals surface area contributed by atoms with Gasteiger partial charge in [-0.25, -0.2) is 4.98 Å². The Morgan fingerprint density at radius 3 is 2.73 bits per heavy atom. The van der Waals surface area contributed by atoms with Gasteiger partial charge in [-0.2, -0.15) is 5.10 Å². The molecule has 4 rings (SSSR count). The van der Waals surface area contributed by atoms with Gasteiger partial charge in [-0.3, -0.25) is 4.68 Å². The second-order valence-corrected chi connectivity index (χ2v) is 6.63. The number of hydrogen-bond acceptors (Lipinski definition) is 3. The number of aromatic nitrogens is 3. The van der Waals surface area contributed by atoms with E-state index in [1.807, 2.05) is 17.0 Å². The lowest BCUT2D eigenvalue weighted by molar-refractivity contribution is 0.384. The largest absolute Gasteiger partial charge is 0.355 e. The Balaban J connectivity index is 1.53. The summed E-state index contributed by atoms with van der Waals surface area (Å²) < 4.78 is 1.98. The Hall–Kier alpha value is -2.10. The van der Waals surface area contributed by atoms with Crippen LogP contribution in [0.15, 0.2) is 31.0 Å². The minimum atomic E-state index is 0.653. The fourth-order valence-corrected chi connectivity index (χ4v) is 3.25. The van der Waals surface area contributed by atoms with Crippen LogP contribution in [0.4, 0.5) is 5.82 Å². The van der Waals surface area contributed by atoms with Gasteiger partial charge >= 0.3 is 0 Å². The maximum Gasteiger partial charge on any atom is 0.129 e. The first-order valence-electron chi connectivity index (χ1n) is 8.11. The predicted octanol–water partition coefficient (Wildman–Crippen LogP) is 3.13. The lowest BCUT2D eigenvalue weighted by Crippen LogP contribution is -2.48. The Morgan fingerprint density at radius 2 is 2.09 bits per heavy atom. The van der Waals surface area contributed by atoms with Crippen LogP contribution in [-0.4, -0.2) is 27.9 Å². The molecule has 0 atom stereocenters. The highest BCUT2D eigenvalue weighted by atomic mass is 15.3. The van der Waals surface area contributed by atoms with Crippen LogP contribution in [0.5, 0.6) is 0 Å². The fraction of sp³-hybridized carbons (Fsp3) is 0.444. The smallest absolute Gasteiger partial charge is 0.129 e. The molecular formula is C18H22N4. The fourth-order valence-electron chi connectivity index (χ4n) is 3.25. The molecule has 0 unspecified atom stereocenters. The van der Waals surface area contributed by atoms with E-state index in [0.29, 0.717) is 5.41 Å². The third-order valence-corrected chi connectivity index (χ3v) is 4.92. The number of hydrogen-bond donors (Lipinski definition) is 0. The van der Waals surface area contributed by atoms with Crippen molar-refractivity contribution in [1.82, 2.24) is 14.8 Å². The van der Waals surface area contributed by atoms with Crippen LogP contribution in [0.25, 0.3) is 6.08 Å². The van der Waals surface area contributed by atoms with Gasteiger partial charge in [0.05, 0.1) is 17.9 Å². The molecule has 3 heterocycles. The standard InChI is InChI=1S/C18H22N4/c1-3-15-7-10-22(20-15)11-14-5-6-17(19-16(14)4-2)21-12-18(13-21)8-9-18/h4-7,10H,2-3,8-9,11-13H2,1H3. The van der Waals surface area contributed by atoms with E-state index in [9.17, 15) is 0 Å². The van der Waals surface area contributed by atoms with Crippen molar-refractivity contribution in [2.75, 3.05) is 18.0 Å². The molecule has 1 saturated heterocycles. The molecule has 2 aromatic rings. The molecule has 0 radical (unpaired) electrons. The molecule has 0 aromatic carbocycles. The number of nitrogens with zero attached hydrogens (tertiary/aromatic N) is 4. The monoisotopic (exact) mass is 294 g/mol. The zero-order chi connectivity index (χ0) is 15.2. The van der Waals surface area contributed by atoms with Gasteiger partial charge in [0.1, 0.15) is 5.82 Å². The molecule has 4 heteroatoms. The minimum absolute atomic E-state index is 0.653. The summed E-state index contributed by atoms with van der Waals surface area (Å²) in [5.74, 6) is 1.09. The summed E-state index contributed by atoms with van der Waals surface area (Å²) in [6.07, 6.45) is 7.65. The van der Waals surface area contributed by atoms with E-state index in [1.54, 1.807) is 0 Å². The summed E-state index contributed by atoms with van der Waals surface area (Å²) in [6.45, 7) is 9.15. The van der Waals surface area contributed by atoms with Crippen molar-refractivity contribution in [3.05, 3.63) is 47.9 Å². The molecule has 1 aliphatic heterocycles. The van der Waals surface area contributed by atoms with Crippen LogP contribution >= 0.6 is 0 Å². The molecule has 2 fully saturated rings. The lowest BCUT2D eigenvalue weighted by Gasteiger charge is -2.41. The molecule has 0 N–H and O–H groups in total. The van der Waals surface area contributed by atoms with Crippen LogP contribution < -0.4 is 4.90 Å². The van der Waals surface area contributed by atoms with Gasteiger partial charge in [0.2, 0.25) is 0 Å². The second-order valence-electron chi connectivity index (χ2n) is 6.63. The maximum absolute atomic E-state index is 4.80. The summed E-state index contributed by atoms with van der Waals surface area (Å²) in [5.41, 5.74) is 3.93. The minimum Gasteiger partial charge on any atom is -0.355 e. The van der Waals surface area contributed by atoms with Crippen LogP contribution in [-0.2, 0) is 13.0 Å². The van der Waals surface area contributed by atoms with Crippen LogP contribution in [0, 0.1) is 5.41 Å². The Labute approximate surface area is 131 Å². The zero-order valence-corrected chi connectivity index (χ0v) is 13.1. The highest BCUT2D eigenvalue weighted by Gasteiger charge is 2.52. The van der Waals surface area contributed by atoms with Gasteiger partial charge in [0, 0.05) is 24.7 Å². The van der Waals surface area contributed by atoms with E-state index in [2.05, 4.69) is 41.7 Å². The van der Waals surface area contributed by atoms with Crippen LogP contribution in [0.3, 0.4) is 0 Å². The van der Waals surface area contributed by atoms with Gasteiger partial charge in [-0.15, -0.1) is 0 Å². The third-order valence-electron chi connectivity index (χ3n) is 4.92. The molecule has 0 amide bonds. The number of rotatable bonds is 5. The SMILES string of the molecule is C=Cc1nc(N2CC3(CC3)C2)ccc1Cn1ccc(CC)n1. The van der Waals surface area contributed by atoms with Gasteiger partial charge in [0.15, 0.2) is 0 Å². The normalized spacial score (nSPS) is 18.3. The third kappa shape index (κ3) is 2.32. The molecule has 114 valence electrons.